The maximum absolute atomic E-state index is 11.8. The van der Waals surface area contributed by atoms with Gasteiger partial charge in [0.05, 0.1) is 18.8 Å². The summed E-state index contributed by atoms with van der Waals surface area (Å²) in [5.41, 5.74) is 0. The highest BCUT2D eigenvalue weighted by atomic mass is 16.3. The molecule has 2 atom stereocenters. The Bertz CT molecular complexity index is 380. The van der Waals surface area contributed by atoms with Gasteiger partial charge >= 0.3 is 0 Å². The molecule has 0 saturated heterocycles. The fourth-order valence-electron chi connectivity index (χ4n) is 2.72. The van der Waals surface area contributed by atoms with Crippen molar-refractivity contribution in [1.82, 2.24) is 5.32 Å². The first kappa shape index (κ1) is 24.9. The summed E-state index contributed by atoms with van der Waals surface area (Å²) in [6.07, 6.45) is 20.0. The third-order valence-corrected chi connectivity index (χ3v) is 4.44. The Labute approximate surface area is 160 Å². The monoisotopic (exact) mass is 367 g/mol. The minimum atomic E-state index is -0.849. The number of aliphatic hydroxyl groups excluding tert-OH is 2. The molecule has 4 heteroatoms. The average molecular weight is 368 g/mol. The summed E-state index contributed by atoms with van der Waals surface area (Å²) >= 11 is 0. The standard InChI is InChI=1S/C22H41NO3/c1-3-5-7-8-9-10-11-12-13-14-16-17-21(25)20(19-24)23-22(26)18-15-6-4-2/h11-12,16-17,20-21,24-25H,3-10,13-15,18-19H2,1-2H3,(H,23,26)/b12-11+,17-16+. The summed E-state index contributed by atoms with van der Waals surface area (Å²) in [6, 6.07) is -0.626. The maximum atomic E-state index is 11.8. The lowest BCUT2D eigenvalue weighted by Crippen LogP contribution is -2.45. The summed E-state index contributed by atoms with van der Waals surface area (Å²) in [6.45, 7) is 4.06. The molecule has 0 spiro atoms. The Morgan fingerprint density at radius 3 is 2.19 bits per heavy atom. The molecule has 0 aliphatic carbocycles. The van der Waals surface area contributed by atoms with E-state index in [1.165, 1.54) is 32.1 Å². The van der Waals surface area contributed by atoms with E-state index < -0.39 is 12.1 Å². The summed E-state index contributed by atoms with van der Waals surface area (Å²) in [5, 5.41) is 22.2. The van der Waals surface area contributed by atoms with Gasteiger partial charge < -0.3 is 15.5 Å². The third-order valence-electron chi connectivity index (χ3n) is 4.44. The molecule has 26 heavy (non-hydrogen) atoms. The largest absolute Gasteiger partial charge is 0.394 e. The summed E-state index contributed by atoms with van der Waals surface area (Å²) < 4.78 is 0. The van der Waals surface area contributed by atoms with Crippen LogP contribution in [0.1, 0.15) is 90.9 Å². The Morgan fingerprint density at radius 1 is 0.885 bits per heavy atom. The van der Waals surface area contributed by atoms with Crippen LogP contribution in [-0.4, -0.2) is 34.9 Å². The van der Waals surface area contributed by atoms with Crippen LogP contribution in [0, 0.1) is 0 Å². The molecule has 0 saturated carbocycles. The van der Waals surface area contributed by atoms with Gasteiger partial charge in [0.2, 0.25) is 5.91 Å². The summed E-state index contributed by atoms with van der Waals surface area (Å²) in [7, 11) is 0. The molecule has 0 bridgehead atoms. The Kier molecular flexibility index (Phi) is 17.8. The van der Waals surface area contributed by atoms with Crippen LogP contribution >= 0.6 is 0 Å². The minimum Gasteiger partial charge on any atom is -0.394 e. The van der Waals surface area contributed by atoms with E-state index in [-0.39, 0.29) is 12.5 Å². The number of carbonyl (C=O) groups excluding carboxylic acids is 1. The van der Waals surface area contributed by atoms with Crippen molar-refractivity contribution in [3.63, 3.8) is 0 Å². The predicted octanol–water partition coefficient (Wildman–Crippen LogP) is 4.66. The molecule has 0 aliphatic rings. The summed E-state index contributed by atoms with van der Waals surface area (Å²) in [4.78, 5) is 11.8. The molecule has 0 aromatic carbocycles. The number of unbranched alkanes of at least 4 members (excludes halogenated alkanes) is 8. The Morgan fingerprint density at radius 2 is 1.50 bits per heavy atom. The van der Waals surface area contributed by atoms with Crippen molar-refractivity contribution in [1.29, 1.82) is 0 Å². The van der Waals surface area contributed by atoms with Crippen LogP contribution in [0.15, 0.2) is 24.3 Å². The second kappa shape index (κ2) is 18.7. The van der Waals surface area contributed by atoms with Crippen LogP contribution in [-0.2, 0) is 4.79 Å². The van der Waals surface area contributed by atoms with Crippen LogP contribution < -0.4 is 5.32 Å². The van der Waals surface area contributed by atoms with Gasteiger partial charge in [0.1, 0.15) is 0 Å². The molecule has 0 fully saturated rings. The highest BCUT2D eigenvalue weighted by Gasteiger charge is 2.17. The van der Waals surface area contributed by atoms with Crippen LogP contribution in [0.4, 0.5) is 0 Å². The van der Waals surface area contributed by atoms with Gasteiger partial charge in [0, 0.05) is 6.42 Å². The third kappa shape index (κ3) is 15.2. The quantitative estimate of drug-likeness (QED) is 0.259. The number of carbonyl (C=O) groups is 1. The molecule has 0 rings (SSSR count). The smallest absolute Gasteiger partial charge is 0.220 e. The molecule has 0 aromatic heterocycles. The van der Waals surface area contributed by atoms with Gasteiger partial charge in [-0.05, 0) is 32.1 Å². The Balaban J connectivity index is 3.86. The van der Waals surface area contributed by atoms with E-state index in [4.69, 9.17) is 0 Å². The topological polar surface area (TPSA) is 69.6 Å². The maximum Gasteiger partial charge on any atom is 0.220 e. The average Bonchev–Trinajstić information content (AvgIpc) is 2.64. The van der Waals surface area contributed by atoms with Crippen molar-refractivity contribution in [2.75, 3.05) is 6.61 Å². The highest BCUT2D eigenvalue weighted by Crippen LogP contribution is 2.06. The number of nitrogens with one attached hydrogen (secondary N) is 1. The van der Waals surface area contributed by atoms with Gasteiger partial charge in [-0.1, -0.05) is 76.7 Å². The molecule has 4 nitrogen and oxygen atoms in total. The predicted molar refractivity (Wildman–Crippen MR) is 110 cm³/mol. The lowest BCUT2D eigenvalue weighted by molar-refractivity contribution is -0.123. The second-order valence-corrected chi connectivity index (χ2v) is 6.98. The molecule has 3 N–H and O–H groups in total. The molecular weight excluding hydrogens is 326 g/mol. The van der Waals surface area contributed by atoms with Gasteiger partial charge in [-0.3, -0.25) is 4.79 Å². The zero-order valence-corrected chi connectivity index (χ0v) is 17.0. The first-order chi connectivity index (χ1) is 12.7. The summed E-state index contributed by atoms with van der Waals surface area (Å²) in [5.74, 6) is -0.105. The minimum absolute atomic E-state index is 0.105. The van der Waals surface area contributed by atoms with Gasteiger partial charge in [-0.2, -0.15) is 0 Å². The van der Waals surface area contributed by atoms with Gasteiger partial charge in [-0.25, -0.2) is 0 Å². The number of rotatable bonds is 17. The van der Waals surface area contributed by atoms with Crippen LogP contribution in [0.5, 0.6) is 0 Å². The van der Waals surface area contributed by atoms with Gasteiger partial charge in [-0.15, -0.1) is 0 Å². The van der Waals surface area contributed by atoms with Crippen LogP contribution in [0.3, 0.4) is 0 Å². The van der Waals surface area contributed by atoms with E-state index in [0.717, 1.165) is 38.5 Å². The molecule has 0 aromatic rings. The molecule has 1 amide bonds. The van der Waals surface area contributed by atoms with E-state index in [0.29, 0.717) is 6.42 Å². The normalized spacial score (nSPS) is 14.2. The first-order valence-electron chi connectivity index (χ1n) is 10.6. The van der Waals surface area contributed by atoms with E-state index in [9.17, 15) is 15.0 Å². The fourth-order valence-corrected chi connectivity index (χ4v) is 2.72. The second-order valence-electron chi connectivity index (χ2n) is 6.98. The van der Waals surface area contributed by atoms with E-state index >= 15 is 0 Å². The van der Waals surface area contributed by atoms with Crippen molar-refractivity contribution in [2.24, 2.45) is 0 Å². The Hall–Kier alpha value is -1.13. The van der Waals surface area contributed by atoms with Gasteiger partial charge in [0.25, 0.3) is 0 Å². The molecule has 2 unspecified atom stereocenters. The number of hydrogen-bond donors (Lipinski definition) is 3. The lowest BCUT2D eigenvalue weighted by atomic mass is 10.1. The highest BCUT2D eigenvalue weighted by molar-refractivity contribution is 5.76. The first-order valence-corrected chi connectivity index (χ1v) is 10.6. The zero-order chi connectivity index (χ0) is 19.5. The van der Waals surface area contributed by atoms with Crippen LogP contribution in [0.2, 0.25) is 0 Å². The zero-order valence-electron chi connectivity index (χ0n) is 17.0. The molecule has 0 radical (unpaired) electrons. The van der Waals surface area contributed by atoms with Crippen molar-refractivity contribution in [2.45, 2.75) is 103 Å². The van der Waals surface area contributed by atoms with Crippen molar-refractivity contribution in [3.05, 3.63) is 24.3 Å². The van der Waals surface area contributed by atoms with Crippen LogP contribution in [0.25, 0.3) is 0 Å². The van der Waals surface area contributed by atoms with Crippen molar-refractivity contribution >= 4 is 5.91 Å². The number of amides is 1. The molecular formula is C22H41NO3. The molecule has 152 valence electrons. The van der Waals surface area contributed by atoms with E-state index in [1.54, 1.807) is 6.08 Å². The molecule has 0 heterocycles. The SMILES string of the molecule is CCCCCCC/C=C/CC/C=C/C(O)C(CO)NC(=O)CCCCC. The van der Waals surface area contributed by atoms with E-state index in [2.05, 4.69) is 31.3 Å². The number of hydrogen-bond acceptors (Lipinski definition) is 3. The van der Waals surface area contributed by atoms with Crippen molar-refractivity contribution in [3.8, 4) is 0 Å². The fraction of sp³-hybridized carbons (Fsp3) is 0.773. The van der Waals surface area contributed by atoms with E-state index in [1.807, 2.05) is 6.08 Å². The number of allylic oxidation sites excluding steroid dienone is 3. The number of aliphatic hydroxyl groups is 2. The molecule has 0 aliphatic heterocycles. The lowest BCUT2D eigenvalue weighted by Gasteiger charge is -2.19. The van der Waals surface area contributed by atoms with Gasteiger partial charge in [0.15, 0.2) is 0 Å². The van der Waals surface area contributed by atoms with Crippen molar-refractivity contribution < 1.29 is 15.0 Å².